The number of nitrogens with one attached hydrogen (secondary N) is 1. The lowest BCUT2D eigenvalue weighted by Gasteiger charge is -2.34. The number of carbonyl (C=O) groups is 1. The third-order valence-corrected chi connectivity index (χ3v) is 2.65. The van der Waals surface area contributed by atoms with E-state index in [2.05, 4.69) is 19.2 Å². The summed E-state index contributed by atoms with van der Waals surface area (Å²) in [6, 6.07) is 0. The van der Waals surface area contributed by atoms with Crippen molar-refractivity contribution in [3.63, 3.8) is 0 Å². The molecular weight excluding hydrogens is 178 g/mol. The summed E-state index contributed by atoms with van der Waals surface area (Å²) < 4.78 is 5.13. The summed E-state index contributed by atoms with van der Waals surface area (Å²) in [5.74, 6) is 0.452. The molecule has 1 amide bonds. The quantitative estimate of drug-likeness (QED) is 0.737. The van der Waals surface area contributed by atoms with Gasteiger partial charge in [0.25, 0.3) is 0 Å². The Balaban J connectivity index is 4.44. The first kappa shape index (κ1) is 13.4. The standard InChI is InChI=1S/C11H23NO2/c1-8(2)10(13)12-11(5,7-14-6)9(3)4/h8-9H,7H2,1-6H3,(H,12,13)/t11-/m0/s1. The summed E-state index contributed by atoms with van der Waals surface area (Å²) in [5, 5.41) is 3.03. The fourth-order valence-electron chi connectivity index (χ4n) is 1.07. The number of methoxy groups -OCH3 is 1. The van der Waals surface area contributed by atoms with Crippen molar-refractivity contribution >= 4 is 5.91 Å². The normalized spacial score (nSPS) is 15.7. The molecule has 14 heavy (non-hydrogen) atoms. The lowest BCUT2D eigenvalue weighted by Crippen LogP contribution is -2.54. The highest BCUT2D eigenvalue weighted by molar-refractivity contribution is 5.78. The van der Waals surface area contributed by atoms with Gasteiger partial charge in [0.2, 0.25) is 5.91 Å². The van der Waals surface area contributed by atoms with E-state index in [1.54, 1.807) is 7.11 Å². The molecule has 0 saturated carbocycles. The lowest BCUT2D eigenvalue weighted by molar-refractivity contribution is -0.127. The average Bonchev–Trinajstić information content (AvgIpc) is 2.03. The monoisotopic (exact) mass is 201 g/mol. The van der Waals surface area contributed by atoms with E-state index in [1.807, 2.05) is 20.8 Å². The van der Waals surface area contributed by atoms with Crippen LogP contribution in [0.5, 0.6) is 0 Å². The first-order chi connectivity index (χ1) is 6.33. The van der Waals surface area contributed by atoms with Crippen LogP contribution in [0.4, 0.5) is 0 Å². The zero-order valence-corrected chi connectivity index (χ0v) is 10.2. The van der Waals surface area contributed by atoms with Crippen LogP contribution in [0, 0.1) is 11.8 Å². The number of amides is 1. The van der Waals surface area contributed by atoms with Gasteiger partial charge in [-0.05, 0) is 12.8 Å². The molecule has 0 unspecified atom stereocenters. The number of hydrogen-bond acceptors (Lipinski definition) is 2. The van der Waals surface area contributed by atoms with Gasteiger partial charge in [-0.25, -0.2) is 0 Å². The van der Waals surface area contributed by atoms with Crippen molar-refractivity contribution in [1.82, 2.24) is 5.32 Å². The molecule has 0 aliphatic heterocycles. The summed E-state index contributed by atoms with van der Waals surface area (Å²) in [7, 11) is 1.65. The molecule has 0 aromatic heterocycles. The first-order valence-electron chi connectivity index (χ1n) is 5.14. The SMILES string of the molecule is COC[C@](C)(NC(=O)C(C)C)C(C)C. The Hall–Kier alpha value is -0.570. The predicted octanol–water partition coefficient (Wildman–Crippen LogP) is 1.82. The molecule has 1 atom stereocenters. The van der Waals surface area contributed by atoms with Crippen LogP contribution in [0.15, 0.2) is 0 Å². The molecule has 0 aliphatic carbocycles. The third-order valence-electron chi connectivity index (χ3n) is 2.65. The van der Waals surface area contributed by atoms with Crippen LogP contribution in [-0.2, 0) is 9.53 Å². The summed E-state index contributed by atoms with van der Waals surface area (Å²) in [4.78, 5) is 11.6. The first-order valence-corrected chi connectivity index (χ1v) is 5.14. The van der Waals surface area contributed by atoms with Gasteiger partial charge >= 0.3 is 0 Å². The molecule has 1 N–H and O–H groups in total. The Morgan fingerprint density at radius 1 is 1.36 bits per heavy atom. The number of hydrogen-bond donors (Lipinski definition) is 1. The smallest absolute Gasteiger partial charge is 0.223 e. The molecule has 0 rings (SSSR count). The van der Waals surface area contributed by atoms with Crippen LogP contribution in [0.3, 0.4) is 0 Å². The van der Waals surface area contributed by atoms with Crippen LogP contribution in [0.2, 0.25) is 0 Å². The maximum Gasteiger partial charge on any atom is 0.223 e. The fraction of sp³-hybridized carbons (Fsp3) is 0.909. The summed E-state index contributed by atoms with van der Waals surface area (Å²) in [6.07, 6.45) is 0. The predicted molar refractivity (Wildman–Crippen MR) is 58.1 cm³/mol. The van der Waals surface area contributed by atoms with Gasteiger partial charge < -0.3 is 10.1 Å². The van der Waals surface area contributed by atoms with E-state index in [1.165, 1.54) is 0 Å². The molecule has 3 nitrogen and oxygen atoms in total. The largest absolute Gasteiger partial charge is 0.382 e. The number of carbonyl (C=O) groups excluding carboxylic acids is 1. The van der Waals surface area contributed by atoms with Gasteiger partial charge in [0.15, 0.2) is 0 Å². The fourth-order valence-corrected chi connectivity index (χ4v) is 1.07. The van der Waals surface area contributed by atoms with Gasteiger partial charge in [0.1, 0.15) is 0 Å². The Morgan fingerprint density at radius 3 is 2.14 bits per heavy atom. The maximum absolute atomic E-state index is 11.6. The van der Waals surface area contributed by atoms with Crippen LogP contribution in [0.1, 0.15) is 34.6 Å². The minimum absolute atomic E-state index is 0.0185. The highest BCUT2D eigenvalue weighted by atomic mass is 16.5. The van der Waals surface area contributed by atoms with E-state index in [-0.39, 0.29) is 17.4 Å². The molecule has 0 bridgehead atoms. The molecule has 0 spiro atoms. The molecule has 0 radical (unpaired) electrons. The Bertz CT molecular complexity index is 190. The van der Waals surface area contributed by atoms with Crippen molar-refractivity contribution in [3.8, 4) is 0 Å². The summed E-state index contributed by atoms with van der Waals surface area (Å²) in [6.45, 7) is 10.5. The second-order valence-electron chi connectivity index (χ2n) is 4.65. The maximum atomic E-state index is 11.6. The Labute approximate surface area is 87.2 Å². The Kier molecular flexibility index (Phi) is 5.13. The van der Waals surface area contributed by atoms with Crippen LogP contribution in [-0.4, -0.2) is 25.2 Å². The van der Waals surface area contributed by atoms with Crippen LogP contribution in [0.25, 0.3) is 0 Å². The van der Waals surface area contributed by atoms with E-state index in [9.17, 15) is 4.79 Å². The average molecular weight is 201 g/mol. The molecule has 0 aromatic carbocycles. The van der Waals surface area contributed by atoms with Crippen molar-refractivity contribution in [3.05, 3.63) is 0 Å². The van der Waals surface area contributed by atoms with Crippen molar-refractivity contribution < 1.29 is 9.53 Å². The molecule has 84 valence electrons. The molecule has 0 saturated heterocycles. The summed E-state index contributed by atoms with van der Waals surface area (Å²) >= 11 is 0. The zero-order chi connectivity index (χ0) is 11.4. The van der Waals surface area contributed by atoms with Crippen LogP contribution >= 0.6 is 0 Å². The van der Waals surface area contributed by atoms with Gasteiger partial charge in [-0.3, -0.25) is 4.79 Å². The number of ether oxygens (including phenoxy) is 1. The summed E-state index contributed by atoms with van der Waals surface area (Å²) in [5.41, 5.74) is -0.268. The Morgan fingerprint density at radius 2 is 1.86 bits per heavy atom. The topological polar surface area (TPSA) is 38.3 Å². The molecule has 0 heterocycles. The molecular formula is C11H23NO2. The molecule has 0 aliphatic rings. The van der Waals surface area contributed by atoms with Crippen molar-refractivity contribution in [2.45, 2.75) is 40.2 Å². The van der Waals surface area contributed by atoms with E-state index in [0.29, 0.717) is 12.5 Å². The molecule has 0 fully saturated rings. The molecule has 0 aromatic rings. The highest BCUT2D eigenvalue weighted by Crippen LogP contribution is 2.17. The highest BCUT2D eigenvalue weighted by Gasteiger charge is 2.30. The van der Waals surface area contributed by atoms with E-state index in [0.717, 1.165) is 0 Å². The van der Waals surface area contributed by atoms with Gasteiger partial charge in [-0.2, -0.15) is 0 Å². The van der Waals surface area contributed by atoms with Crippen molar-refractivity contribution in [1.29, 1.82) is 0 Å². The van der Waals surface area contributed by atoms with Gasteiger partial charge in [0.05, 0.1) is 12.1 Å². The minimum atomic E-state index is -0.268. The molecule has 3 heteroatoms. The van der Waals surface area contributed by atoms with Crippen molar-refractivity contribution in [2.24, 2.45) is 11.8 Å². The second-order valence-corrected chi connectivity index (χ2v) is 4.65. The van der Waals surface area contributed by atoms with Crippen LogP contribution < -0.4 is 5.32 Å². The zero-order valence-electron chi connectivity index (χ0n) is 10.2. The minimum Gasteiger partial charge on any atom is -0.382 e. The number of rotatable bonds is 5. The van der Waals surface area contributed by atoms with E-state index in [4.69, 9.17) is 4.74 Å². The lowest BCUT2D eigenvalue weighted by atomic mass is 9.88. The van der Waals surface area contributed by atoms with Gasteiger partial charge in [-0.15, -0.1) is 0 Å². The van der Waals surface area contributed by atoms with E-state index >= 15 is 0 Å². The third kappa shape index (κ3) is 3.66. The van der Waals surface area contributed by atoms with Gasteiger partial charge in [-0.1, -0.05) is 27.7 Å². The van der Waals surface area contributed by atoms with E-state index < -0.39 is 0 Å². The second kappa shape index (κ2) is 5.35. The van der Waals surface area contributed by atoms with Gasteiger partial charge in [0, 0.05) is 13.0 Å². The van der Waals surface area contributed by atoms with Crippen molar-refractivity contribution in [2.75, 3.05) is 13.7 Å².